The first-order chi connectivity index (χ1) is 12.1. The molecule has 0 radical (unpaired) electrons. The predicted octanol–water partition coefficient (Wildman–Crippen LogP) is 1.59. The number of rotatable bonds is 6. The number of hydrogen-bond acceptors (Lipinski definition) is 4. The fourth-order valence-corrected chi connectivity index (χ4v) is 4.01. The number of nitrogens with one attached hydrogen (secondary N) is 1. The molecule has 1 aromatic carbocycles. The van der Waals surface area contributed by atoms with E-state index in [0.717, 1.165) is 39.0 Å². The maximum absolute atomic E-state index is 12.7. The average Bonchev–Trinajstić information content (AvgIpc) is 2.96. The van der Waals surface area contributed by atoms with Crippen molar-refractivity contribution in [2.45, 2.75) is 25.4 Å². The highest BCUT2D eigenvalue weighted by Crippen LogP contribution is 2.22. The Morgan fingerprint density at radius 1 is 1.20 bits per heavy atom. The molecule has 2 atom stereocenters. The molecule has 1 aromatic rings. The van der Waals surface area contributed by atoms with Crippen LogP contribution >= 0.6 is 0 Å². The van der Waals surface area contributed by atoms with Gasteiger partial charge in [-0.3, -0.25) is 9.69 Å². The Kier molecular flexibility index (Phi) is 6.45. The number of amides is 1. The van der Waals surface area contributed by atoms with Crippen molar-refractivity contribution in [3.8, 4) is 0 Å². The molecule has 5 heteroatoms. The Morgan fingerprint density at radius 3 is 2.60 bits per heavy atom. The molecule has 0 bridgehead atoms. The van der Waals surface area contributed by atoms with Crippen LogP contribution in [0.5, 0.6) is 0 Å². The van der Waals surface area contributed by atoms with Gasteiger partial charge in [0.1, 0.15) is 0 Å². The van der Waals surface area contributed by atoms with Crippen LogP contribution in [0.2, 0.25) is 0 Å². The zero-order valence-corrected chi connectivity index (χ0v) is 15.5. The van der Waals surface area contributed by atoms with Crippen LogP contribution in [0.1, 0.15) is 18.4 Å². The van der Waals surface area contributed by atoms with E-state index in [-0.39, 0.29) is 17.9 Å². The van der Waals surface area contributed by atoms with Gasteiger partial charge in [-0.25, -0.2) is 0 Å². The van der Waals surface area contributed by atoms with Crippen molar-refractivity contribution in [1.82, 2.24) is 15.1 Å². The van der Waals surface area contributed by atoms with Gasteiger partial charge in [0.05, 0.1) is 0 Å². The fourth-order valence-electron chi connectivity index (χ4n) is 4.01. The van der Waals surface area contributed by atoms with Crippen LogP contribution < -0.4 is 5.32 Å². The molecule has 0 aliphatic carbocycles. The normalized spacial score (nSPS) is 25.4. The monoisotopic (exact) mass is 345 g/mol. The van der Waals surface area contributed by atoms with Crippen molar-refractivity contribution in [1.29, 1.82) is 0 Å². The van der Waals surface area contributed by atoms with Gasteiger partial charge in [-0.1, -0.05) is 30.3 Å². The molecular formula is C20H31N3O2. The number of hydrogen-bond donors (Lipinski definition) is 1. The quantitative estimate of drug-likeness (QED) is 0.850. The summed E-state index contributed by atoms with van der Waals surface area (Å²) in [7, 11) is 4.22. The Balaban J connectivity index is 1.59. The first-order valence-corrected chi connectivity index (χ1v) is 9.41. The van der Waals surface area contributed by atoms with Gasteiger partial charge in [0.25, 0.3) is 0 Å². The number of carbonyl (C=O) groups excluding carboxylic acids is 1. The minimum Gasteiger partial charge on any atom is -0.381 e. The van der Waals surface area contributed by atoms with Gasteiger partial charge in [-0.15, -0.1) is 0 Å². The van der Waals surface area contributed by atoms with E-state index >= 15 is 0 Å². The molecule has 1 amide bonds. The van der Waals surface area contributed by atoms with Crippen LogP contribution in [0, 0.1) is 11.8 Å². The Labute approximate surface area is 151 Å². The largest absolute Gasteiger partial charge is 0.381 e. The Morgan fingerprint density at radius 2 is 1.92 bits per heavy atom. The van der Waals surface area contributed by atoms with Crippen LogP contribution in [0.3, 0.4) is 0 Å². The highest BCUT2D eigenvalue weighted by Gasteiger charge is 2.35. The lowest BCUT2D eigenvalue weighted by Gasteiger charge is -2.27. The zero-order valence-electron chi connectivity index (χ0n) is 15.5. The first kappa shape index (κ1) is 18.4. The summed E-state index contributed by atoms with van der Waals surface area (Å²) < 4.78 is 5.38. The van der Waals surface area contributed by atoms with E-state index in [4.69, 9.17) is 4.74 Å². The maximum Gasteiger partial charge on any atom is 0.223 e. The van der Waals surface area contributed by atoms with E-state index in [2.05, 4.69) is 59.5 Å². The van der Waals surface area contributed by atoms with Gasteiger partial charge in [-0.05, 0) is 32.5 Å². The number of carbonyl (C=O) groups is 1. The SMILES string of the molecule is CN(C)C[C@@H]1CN(Cc2ccccc2)C[C@H]1NC(=O)C1CCOCC1. The molecule has 1 N–H and O–H groups in total. The van der Waals surface area contributed by atoms with Gasteiger partial charge >= 0.3 is 0 Å². The van der Waals surface area contributed by atoms with E-state index in [9.17, 15) is 4.79 Å². The Hall–Kier alpha value is -1.43. The lowest BCUT2D eigenvalue weighted by molar-refractivity contribution is -0.128. The standard InChI is InChI=1S/C20H31N3O2/c1-22(2)13-18-14-23(12-16-6-4-3-5-7-16)15-19(18)21-20(24)17-8-10-25-11-9-17/h3-7,17-19H,8-15H2,1-2H3,(H,21,24)/t18-,19-/m1/s1. The van der Waals surface area contributed by atoms with Gasteiger partial charge in [0.15, 0.2) is 0 Å². The molecule has 3 rings (SSSR count). The van der Waals surface area contributed by atoms with Gasteiger partial charge in [-0.2, -0.15) is 0 Å². The molecule has 138 valence electrons. The summed E-state index contributed by atoms with van der Waals surface area (Å²) in [4.78, 5) is 17.3. The van der Waals surface area contributed by atoms with E-state index in [0.29, 0.717) is 19.1 Å². The maximum atomic E-state index is 12.7. The average molecular weight is 345 g/mol. The highest BCUT2D eigenvalue weighted by molar-refractivity contribution is 5.79. The predicted molar refractivity (Wildman–Crippen MR) is 99.2 cm³/mol. The van der Waals surface area contributed by atoms with Crippen molar-refractivity contribution in [3.63, 3.8) is 0 Å². The summed E-state index contributed by atoms with van der Waals surface area (Å²) in [5.74, 6) is 0.818. The topological polar surface area (TPSA) is 44.8 Å². The number of ether oxygens (including phenoxy) is 1. The summed E-state index contributed by atoms with van der Waals surface area (Å²) >= 11 is 0. The second kappa shape index (κ2) is 8.79. The molecule has 0 unspecified atom stereocenters. The summed E-state index contributed by atoms with van der Waals surface area (Å²) in [6, 6.07) is 10.8. The highest BCUT2D eigenvalue weighted by atomic mass is 16.5. The van der Waals surface area contributed by atoms with Crippen LogP contribution in [-0.4, -0.2) is 68.7 Å². The third-order valence-electron chi connectivity index (χ3n) is 5.29. The minimum atomic E-state index is 0.122. The van der Waals surface area contributed by atoms with Crippen LogP contribution in [-0.2, 0) is 16.1 Å². The molecule has 2 fully saturated rings. The second-order valence-electron chi connectivity index (χ2n) is 7.70. The van der Waals surface area contributed by atoms with Gasteiger partial charge in [0, 0.05) is 57.3 Å². The molecule has 0 spiro atoms. The zero-order chi connectivity index (χ0) is 17.6. The van der Waals surface area contributed by atoms with Crippen molar-refractivity contribution in [2.24, 2.45) is 11.8 Å². The molecule has 2 aliphatic rings. The molecule has 25 heavy (non-hydrogen) atoms. The van der Waals surface area contributed by atoms with E-state index < -0.39 is 0 Å². The second-order valence-corrected chi connectivity index (χ2v) is 7.70. The molecular weight excluding hydrogens is 314 g/mol. The Bertz CT molecular complexity index is 543. The minimum absolute atomic E-state index is 0.122. The third-order valence-corrected chi connectivity index (χ3v) is 5.29. The van der Waals surface area contributed by atoms with E-state index in [1.54, 1.807) is 0 Å². The fraction of sp³-hybridized carbons (Fsp3) is 0.650. The van der Waals surface area contributed by atoms with Crippen molar-refractivity contribution in [2.75, 3.05) is 46.9 Å². The third kappa shape index (κ3) is 5.27. The smallest absolute Gasteiger partial charge is 0.223 e. The molecule has 0 saturated carbocycles. The van der Waals surface area contributed by atoms with Crippen LogP contribution in [0.25, 0.3) is 0 Å². The van der Waals surface area contributed by atoms with Gasteiger partial charge in [0.2, 0.25) is 5.91 Å². The molecule has 2 aliphatic heterocycles. The van der Waals surface area contributed by atoms with E-state index in [1.807, 2.05) is 0 Å². The molecule has 2 saturated heterocycles. The van der Waals surface area contributed by atoms with Crippen molar-refractivity contribution < 1.29 is 9.53 Å². The first-order valence-electron chi connectivity index (χ1n) is 9.41. The number of benzene rings is 1. The molecule has 2 heterocycles. The van der Waals surface area contributed by atoms with Crippen LogP contribution in [0.15, 0.2) is 30.3 Å². The number of likely N-dealkylation sites (tertiary alicyclic amines) is 1. The molecule has 0 aromatic heterocycles. The lowest BCUT2D eigenvalue weighted by atomic mass is 9.97. The summed E-state index contributed by atoms with van der Waals surface area (Å²) in [5.41, 5.74) is 1.34. The van der Waals surface area contributed by atoms with E-state index in [1.165, 1.54) is 5.56 Å². The lowest BCUT2D eigenvalue weighted by Crippen LogP contribution is -2.46. The van der Waals surface area contributed by atoms with Crippen molar-refractivity contribution >= 4 is 5.91 Å². The summed E-state index contributed by atoms with van der Waals surface area (Å²) in [5, 5.41) is 3.36. The summed E-state index contributed by atoms with van der Waals surface area (Å²) in [6.45, 7) is 5.35. The summed E-state index contributed by atoms with van der Waals surface area (Å²) in [6.07, 6.45) is 1.70. The number of nitrogens with zero attached hydrogens (tertiary/aromatic N) is 2. The van der Waals surface area contributed by atoms with Gasteiger partial charge < -0.3 is 15.0 Å². The van der Waals surface area contributed by atoms with Crippen molar-refractivity contribution in [3.05, 3.63) is 35.9 Å². The molecule has 5 nitrogen and oxygen atoms in total. The van der Waals surface area contributed by atoms with Crippen LogP contribution in [0.4, 0.5) is 0 Å².